The van der Waals surface area contributed by atoms with Gasteiger partial charge in [-0.05, 0) is 43.2 Å². The third-order valence-electron chi connectivity index (χ3n) is 4.42. The Morgan fingerprint density at radius 1 is 1.15 bits per heavy atom. The number of carbonyl (C=O) groups is 1. The summed E-state index contributed by atoms with van der Waals surface area (Å²) < 4.78 is 30.9. The molecule has 2 aromatic carbocycles. The molecule has 3 aromatic rings. The highest BCUT2D eigenvalue weighted by Gasteiger charge is 2.26. The Hall–Kier alpha value is -3.07. The molecule has 1 amide bonds. The number of aromatic amines is 1. The lowest BCUT2D eigenvalue weighted by Gasteiger charge is -2.28. The van der Waals surface area contributed by atoms with Gasteiger partial charge in [0, 0.05) is 23.9 Å². The number of nitrogens with one attached hydrogen (secondary N) is 2. The van der Waals surface area contributed by atoms with E-state index in [2.05, 4.69) is 10.3 Å². The molecule has 0 bridgehead atoms. The van der Waals surface area contributed by atoms with Crippen LogP contribution in [0, 0.1) is 0 Å². The number of nitrogens with zero attached hydrogens (tertiary/aromatic N) is 1. The topological polar surface area (TPSA) is 112 Å². The van der Waals surface area contributed by atoms with Crippen LogP contribution in [0.15, 0.2) is 51.7 Å². The SMILES string of the molecule is O=C(Nc1ccc2[nH]c(=O)oc2c1)c1cccc(N2CCCCS2(=O)=O)c1. The fraction of sp³-hybridized carbons (Fsp3) is 0.222. The van der Waals surface area contributed by atoms with E-state index in [-0.39, 0.29) is 11.7 Å². The minimum absolute atomic E-state index is 0.116. The number of aromatic nitrogens is 1. The highest BCUT2D eigenvalue weighted by molar-refractivity contribution is 7.92. The lowest BCUT2D eigenvalue weighted by atomic mass is 10.1. The van der Waals surface area contributed by atoms with Gasteiger partial charge in [0.1, 0.15) is 0 Å². The van der Waals surface area contributed by atoms with Gasteiger partial charge in [0.25, 0.3) is 5.91 Å². The van der Waals surface area contributed by atoms with E-state index >= 15 is 0 Å². The molecule has 0 unspecified atom stereocenters. The average Bonchev–Trinajstić information content (AvgIpc) is 3.00. The van der Waals surface area contributed by atoms with Crippen LogP contribution < -0.4 is 15.4 Å². The summed E-state index contributed by atoms with van der Waals surface area (Å²) >= 11 is 0. The molecule has 0 radical (unpaired) electrons. The van der Waals surface area contributed by atoms with Crippen molar-refractivity contribution in [2.45, 2.75) is 12.8 Å². The summed E-state index contributed by atoms with van der Waals surface area (Å²) in [5.74, 6) is -0.835. The predicted octanol–water partition coefficient (Wildman–Crippen LogP) is 2.30. The fourth-order valence-corrected chi connectivity index (χ4v) is 4.74. The molecule has 8 nitrogen and oxygen atoms in total. The van der Waals surface area contributed by atoms with Crippen molar-refractivity contribution in [3.8, 4) is 0 Å². The van der Waals surface area contributed by atoms with E-state index in [0.717, 1.165) is 6.42 Å². The molecule has 1 fully saturated rings. The molecule has 9 heteroatoms. The first-order valence-electron chi connectivity index (χ1n) is 8.47. The molecule has 1 saturated heterocycles. The minimum atomic E-state index is -3.34. The molecule has 0 aliphatic carbocycles. The summed E-state index contributed by atoms with van der Waals surface area (Å²) in [5.41, 5.74) is 2.16. The molecule has 0 spiro atoms. The maximum Gasteiger partial charge on any atom is 0.417 e. The van der Waals surface area contributed by atoms with Crippen molar-refractivity contribution in [2.24, 2.45) is 0 Å². The molecule has 2 heterocycles. The summed E-state index contributed by atoms with van der Waals surface area (Å²) in [6, 6.07) is 11.3. The van der Waals surface area contributed by atoms with Gasteiger partial charge in [-0.15, -0.1) is 0 Å². The van der Waals surface area contributed by atoms with E-state index in [1.54, 1.807) is 42.5 Å². The Bertz CT molecular complexity index is 1180. The number of rotatable bonds is 3. The summed E-state index contributed by atoms with van der Waals surface area (Å²) in [4.78, 5) is 26.3. The number of fused-ring (bicyclic) bond motifs is 1. The quantitative estimate of drug-likeness (QED) is 0.716. The van der Waals surface area contributed by atoms with Gasteiger partial charge in [-0.1, -0.05) is 6.07 Å². The summed E-state index contributed by atoms with van der Waals surface area (Å²) in [5, 5.41) is 2.73. The molecule has 4 rings (SSSR count). The first-order chi connectivity index (χ1) is 12.9. The number of amides is 1. The van der Waals surface area contributed by atoms with Crippen LogP contribution in [0.5, 0.6) is 0 Å². The Morgan fingerprint density at radius 3 is 2.81 bits per heavy atom. The summed E-state index contributed by atoms with van der Waals surface area (Å²) in [7, 11) is -3.34. The number of oxazole rings is 1. The predicted molar refractivity (Wildman–Crippen MR) is 102 cm³/mol. The van der Waals surface area contributed by atoms with E-state index in [1.807, 2.05) is 0 Å². The van der Waals surface area contributed by atoms with Crippen LogP contribution in [0.25, 0.3) is 11.1 Å². The number of H-pyrrole nitrogens is 1. The van der Waals surface area contributed by atoms with Gasteiger partial charge < -0.3 is 9.73 Å². The standard InChI is InChI=1S/C18H17N3O5S/c22-17(19-13-6-7-15-16(11-13)26-18(23)20-15)12-4-3-5-14(10-12)21-8-1-2-9-27(21,24)25/h3-7,10-11H,1-2,8-9H2,(H,19,22)(H,20,23). The second-order valence-electron chi connectivity index (χ2n) is 6.33. The Kier molecular flexibility index (Phi) is 4.23. The number of hydrogen-bond acceptors (Lipinski definition) is 5. The lowest BCUT2D eigenvalue weighted by Crippen LogP contribution is -2.37. The highest BCUT2D eigenvalue weighted by Crippen LogP contribution is 2.25. The van der Waals surface area contributed by atoms with Crippen molar-refractivity contribution in [3.05, 3.63) is 58.6 Å². The maximum atomic E-state index is 12.6. The highest BCUT2D eigenvalue weighted by atomic mass is 32.2. The molecule has 1 aromatic heterocycles. The van der Waals surface area contributed by atoms with E-state index in [0.29, 0.717) is 41.0 Å². The van der Waals surface area contributed by atoms with Crippen molar-refractivity contribution in [3.63, 3.8) is 0 Å². The largest absolute Gasteiger partial charge is 0.417 e. The molecule has 1 aliphatic heterocycles. The normalized spacial score (nSPS) is 16.4. The molecule has 140 valence electrons. The second-order valence-corrected chi connectivity index (χ2v) is 8.34. The Labute approximate surface area is 154 Å². The van der Waals surface area contributed by atoms with Gasteiger partial charge in [-0.2, -0.15) is 0 Å². The monoisotopic (exact) mass is 387 g/mol. The van der Waals surface area contributed by atoms with Crippen LogP contribution in [0.2, 0.25) is 0 Å². The van der Waals surface area contributed by atoms with Crippen LogP contribution in [0.1, 0.15) is 23.2 Å². The van der Waals surface area contributed by atoms with Crippen LogP contribution in [-0.2, 0) is 10.0 Å². The van der Waals surface area contributed by atoms with E-state index in [9.17, 15) is 18.0 Å². The summed E-state index contributed by atoms with van der Waals surface area (Å²) in [6.07, 6.45) is 1.44. The zero-order valence-corrected chi connectivity index (χ0v) is 15.1. The van der Waals surface area contributed by atoms with Crippen molar-refractivity contribution in [1.82, 2.24) is 4.98 Å². The molecule has 2 N–H and O–H groups in total. The third-order valence-corrected chi connectivity index (χ3v) is 6.29. The number of anilines is 2. The van der Waals surface area contributed by atoms with Crippen LogP contribution >= 0.6 is 0 Å². The minimum Gasteiger partial charge on any atom is -0.408 e. The molecule has 27 heavy (non-hydrogen) atoms. The number of sulfonamides is 1. The Balaban J connectivity index is 1.59. The molecular weight excluding hydrogens is 370 g/mol. The van der Waals surface area contributed by atoms with Gasteiger partial charge in [-0.25, -0.2) is 13.2 Å². The van der Waals surface area contributed by atoms with E-state index < -0.39 is 15.8 Å². The average molecular weight is 387 g/mol. The second kappa shape index (κ2) is 6.58. The molecule has 1 aliphatic rings. The van der Waals surface area contributed by atoms with Gasteiger partial charge in [-0.3, -0.25) is 14.1 Å². The zero-order valence-electron chi connectivity index (χ0n) is 14.3. The third kappa shape index (κ3) is 3.45. The molecular formula is C18H17N3O5S. The van der Waals surface area contributed by atoms with Crippen LogP contribution in [0.3, 0.4) is 0 Å². The molecule has 0 atom stereocenters. The van der Waals surface area contributed by atoms with Crippen molar-refractivity contribution in [2.75, 3.05) is 21.9 Å². The van der Waals surface area contributed by atoms with Gasteiger partial charge in [0.2, 0.25) is 10.0 Å². The van der Waals surface area contributed by atoms with Gasteiger partial charge >= 0.3 is 5.76 Å². The summed E-state index contributed by atoms with van der Waals surface area (Å²) in [6.45, 7) is 0.413. The maximum absolute atomic E-state index is 12.6. The van der Waals surface area contributed by atoms with Crippen molar-refractivity contribution >= 4 is 38.4 Å². The van der Waals surface area contributed by atoms with E-state index in [1.165, 1.54) is 4.31 Å². The number of hydrogen-bond donors (Lipinski definition) is 2. The number of benzene rings is 2. The first-order valence-corrected chi connectivity index (χ1v) is 10.1. The van der Waals surface area contributed by atoms with E-state index in [4.69, 9.17) is 4.42 Å². The fourth-order valence-electron chi connectivity index (χ4n) is 3.11. The van der Waals surface area contributed by atoms with Gasteiger partial charge in [0.15, 0.2) is 5.58 Å². The van der Waals surface area contributed by atoms with Crippen LogP contribution in [0.4, 0.5) is 11.4 Å². The number of carbonyl (C=O) groups excluding carboxylic acids is 1. The lowest BCUT2D eigenvalue weighted by molar-refractivity contribution is 0.102. The van der Waals surface area contributed by atoms with Crippen molar-refractivity contribution in [1.29, 1.82) is 0 Å². The van der Waals surface area contributed by atoms with Crippen molar-refractivity contribution < 1.29 is 17.6 Å². The van der Waals surface area contributed by atoms with Crippen LogP contribution in [-0.4, -0.2) is 31.6 Å². The smallest absolute Gasteiger partial charge is 0.408 e. The molecule has 0 saturated carbocycles. The Morgan fingerprint density at radius 2 is 2.00 bits per heavy atom. The van der Waals surface area contributed by atoms with Gasteiger partial charge in [0.05, 0.1) is 17.0 Å². The zero-order chi connectivity index (χ0) is 19.0. The first kappa shape index (κ1) is 17.3.